The number of rotatable bonds is 5. The van der Waals surface area contributed by atoms with Gasteiger partial charge in [0.1, 0.15) is 5.75 Å². The van der Waals surface area contributed by atoms with Crippen LogP contribution in [-0.4, -0.2) is 12.1 Å². The van der Waals surface area contributed by atoms with Crippen molar-refractivity contribution in [3.63, 3.8) is 0 Å². The highest BCUT2D eigenvalue weighted by atomic mass is 19.4. The van der Waals surface area contributed by atoms with E-state index in [4.69, 9.17) is 5.73 Å². The molecule has 0 spiro atoms. The third kappa shape index (κ3) is 4.27. The fraction of sp³-hybridized carbons (Fsp3) is 0.417. The topological polar surface area (TPSA) is 52.3 Å². The largest absolute Gasteiger partial charge is 0.573 e. The first kappa shape index (κ1) is 14.3. The number of carbonyl (C=O) groups excluding carboxylic acids is 1. The fourth-order valence-electron chi connectivity index (χ4n) is 1.45. The first-order valence-corrected chi connectivity index (χ1v) is 5.52. The van der Waals surface area contributed by atoms with Gasteiger partial charge in [0.2, 0.25) is 0 Å². The minimum Gasteiger partial charge on any atom is -0.406 e. The molecule has 100 valence electrons. The predicted molar refractivity (Wildman–Crippen MR) is 61.4 cm³/mol. The van der Waals surface area contributed by atoms with Crippen molar-refractivity contribution in [1.82, 2.24) is 0 Å². The van der Waals surface area contributed by atoms with Crippen LogP contribution in [-0.2, 0) is 0 Å². The van der Waals surface area contributed by atoms with Crippen LogP contribution in [0.3, 0.4) is 0 Å². The molecule has 2 N–H and O–H groups in total. The van der Waals surface area contributed by atoms with Gasteiger partial charge in [0, 0.05) is 17.7 Å². The van der Waals surface area contributed by atoms with Gasteiger partial charge >= 0.3 is 6.36 Å². The zero-order valence-corrected chi connectivity index (χ0v) is 9.88. The quantitative estimate of drug-likeness (QED) is 0.651. The number of anilines is 1. The van der Waals surface area contributed by atoms with Crippen LogP contribution >= 0.6 is 0 Å². The van der Waals surface area contributed by atoms with E-state index in [1.54, 1.807) is 0 Å². The Balaban J connectivity index is 2.91. The van der Waals surface area contributed by atoms with Crippen molar-refractivity contribution in [2.24, 2.45) is 0 Å². The monoisotopic (exact) mass is 261 g/mol. The molecule has 1 aromatic carbocycles. The van der Waals surface area contributed by atoms with Gasteiger partial charge in [-0.3, -0.25) is 4.79 Å². The molecule has 0 saturated carbocycles. The Kier molecular flexibility index (Phi) is 4.58. The number of hydrogen-bond donors (Lipinski definition) is 1. The van der Waals surface area contributed by atoms with E-state index >= 15 is 0 Å². The van der Waals surface area contributed by atoms with Crippen LogP contribution in [0.15, 0.2) is 18.2 Å². The zero-order valence-electron chi connectivity index (χ0n) is 9.88. The average molecular weight is 261 g/mol. The standard InChI is InChI=1S/C12H14F3NO2/c1-2-3-4-11(17)9-7-8(5-6-10(9)16)18-12(13,14)15/h5-7H,2-4,16H2,1H3. The minimum atomic E-state index is -4.78. The highest BCUT2D eigenvalue weighted by Gasteiger charge is 2.31. The summed E-state index contributed by atoms with van der Waals surface area (Å²) in [6.07, 6.45) is -3.02. The molecule has 0 fully saturated rings. The Morgan fingerprint density at radius 3 is 2.61 bits per heavy atom. The molecule has 0 heterocycles. The van der Waals surface area contributed by atoms with Crippen LogP contribution in [0.2, 0.25) is 0 Å². The van der Waals surface area contributed by atoms with Crippen molar-refractivity contribution in [3.05, 3.63) is 23.8 Å². The lowest BCUT2D eigenvalue weighted by molar-refractivity contribution is -0.274. The molecule has 0 radical (unpaired) electrons. The molecule has 3 nitrogen and oxygen atoms in total. The van der Waals surface area contributed by atoms with E-state index in [1.165, 1.54) is 6.07 Å². The summed E-state index contributed by atoms with van der Waals surface area (Å²) in [5.41, 5.74) is 5.80. The molecule has 0 aliphatic heterocycles. The van der Waals surface area contributed by atoms with E-state index < -0.39 is 12.1 Å². The maximum Gasteiger partial charge on any atom is 0.573 e. The Bertz CT molecular complexity index is 430. The number of ether oxygens (including phenoxy) is 1. The number of ketones is 1. The van der Waals surface area contributed by atoms with E-state index in [-0.39, 0.29) is 23.5 Å². The van der Waals surface area contributed by atoms with E-state index in [0.29, 0.717) is 6.42 Å². The predicted octanol–water partition coefficient (Wildman–Crippen LogP) is 3.54. The molecule has 1 rings (SSSR count). The zero-order chi connectivity index (χ0) is 13.8. The average Bonchev–Trinajstić information content (AvgIpc) is 2.26. The molecular weight excluding hydrogens is 247 g/mol. The molecule has 0 aliphatic carbocycles. The van der Waals surface area contributed by atoms with Gasteiger partial charge in [-0.05, 0) is 24.6 Å². The van der Waals surface area contributed by atoms with Gasteiger partial charge in [0.15, 0.2) is 5.78 Å². The summed E-state index contributed by atoms with van der Waals surface area (Å²) in [6, 6.07) is 3.35. The van der Waals surface area contributed by atoms with Gasteiger partial charge in [0.05, 0.1) is 0 Å². The van der Waals surface area contributed by atoms with Gasteiger partial charge in [-0.25, -0.2) is 0 Å². The summed E-state index contributed by atoms with van der Waals surface area (Å²) in [7, 11) is 0. The Labute approximate surface area is 103 Å². The summed E-state index contributed by atoms with van der Waals surface area (Å²) in [6.45, 7) is 1.92. The second kappa shape index (κ2) is 5.75. The Morgan fingerprint density at radius 1 is 1.39 bits per heavy atom. The van der Waals surface area contributed by atoms with Crippen molar-refractivity contribution in [2.45, 2.75) is 32.5 Å². The summed E-state index contributed by atoms with van der Waals surface area (Å²) in [5.74, 6) is -0.710. The number of alkyl halides is 3. The number of nitrogen functional groups attached to an aromatic ring is 1. The van der Waals surface area contributed by atoms with E-state index in [9.17, 15) is 18.0 Å². The van der Waals surface area contributed by atoms with Crippen LogP contribution in [0.5, 0.6) is 5.75 Å². The Hall–Kier alpha value is -1.72. The molecule has 18 heavy (non-hydrogen) atoms. The normalized spacial score (nSPS) is 11.3. The smallest absolute Gasteiger partial charge is 0.406 e. The molecular formula is C12H14F3NO2. The van der Waals surface area contributed by atoms with Crippen molar-refractivity contribution >= 4 is 11.5 Å². The van der Waals surface area contributed by atoms with Crippen LogP contribution in [0.4, 0.5) is 18.9 Å². The summed E-state index contributed by atoms with van der Waals surface area (Å²) in [4.78, 5) is 11.7. The van der Waals surface area contributed by atoms with E-state index in [2.05, 4.69) is 4.74 Å². The molecule has 6 heteroatoms. The van der Waals surface area contributed by atoms with Crippen molar-refractivity contribution in [1.29, 1.82) is 0 Å². The Morgan fingerprint density at radius 2 is 2.06 bits per heavy atom. The molecule has 1 aromatic rings. The van der Waals surface area contributed by atoms with E-state index in [0.717, 1.165) is 18.6 Å². The lowest BCUT2D eigenvalue weighted by Crippen LogP contribution is -2.17. The second-order valence-electron chi connectivity index (χ2n) is 3.82. The van der Waals surface area contributed by atoms with Gasteiger partial charge in [-0.2, -0.15) is 0 Å². The first-order valence-electron chi connectivity index (χ1n) is 5.52. The second-order valence-corrected chi connectivity index (χ2v) is 3.82. The molecule has 0 amide bonds. The maximum atomic E-state index is 12.0. The highest BCUT2D eigenvalue weighted by molar-refractivity contribution is 6.01. The van der Waals surface area contributed by atoms with Crippen LogP contribution < -0.4 is 10.5 Å². The number of carbonyl (C=O) groups is 1. The van der Waals surface area contributed by atoms with Crippen LogP contribution in [0.25, 0.3) is 0 Å². The molecule has 0 saturated heterocycles. The number of Topliss-reactive ketones (excluding diaryl/α,β-unsaturated/α-hetero) is 1. The maximum absolute atomic E-state index is 12.0. The van der Waals surface area contributed by atoms with Crippen molar-refractivity contribution in [3.8, 4) is 5.75 Å². The number of hydrogen-bond acceptors (Lipinski definition) is 3. The molecule has 0 bridgehead atoms. The molecule has 0 aliphatic rings. The lowest BCUT2D eigenvalue weighted by atomic mass is 10.0. The minimum absolute atomic E-state index is 0.0743. The van der Waals surface area contributed by atoms with Crippen LogP contribution in [0, 0.1) is 0 Å². The molecule has 0 aromatic heterocycles. The van der Waals surface area contributed by atoms with Crippen LogP contribution in [0.1, 0.15) is 36.5 Å². The summed E-state index contributed by atoms with van der Waals surface area (Å²) < 4.78 is 39.9. The number of unbranched alkanes of at least 4 members (excludes halogenated alkanes) is 1. The number of halogens is 3. The SMILES string of the molecule is CCCCC(=O)c1cc(OC(F)(F)F)ccc1N. The van der Waals surface area contributed by atoms with Gasteiger partial charge in [-0.1, -0.05) is 13.3 Å². The van der Waals surface area contributed by atoms with Gasteiger partial charge in [0.25, 0.3) is 0 Å². The van der Waals surface area contributed by atoms with Gasteiger partial charge < -0.3 is 10.5 Å². The van der Waals surface area contributed by atoms with Gasteiger partial charge in [-0.15, -0.1) is 13.2 Å². The molecule has 0 atom stereocenters. The number of benzene rings is 1. The van der Waals surface area contributed by atoms with Crippen molar-refractivity contribution < 1.29 is 22.7 Å². The third-order valence-electron chi connectivity index (χ3n) is 2.32. The third-order valence-corrected chi connectivity index (χ3v) is 2.32. The number of nitrogens with two attached hydrogens (primary N) is 1. The first-order chi connectivity index (χ1) is 8.33. The highest BCUT2D eigenvalue weighted by Crippen LogP contribution is 2.26. The molecule has 0 unspecified atom stereocenters. The summed E-state index contributed by atoms with van der Waals surface area (Å²) >= 11 is 0. The van der Waals surface area contributed by atoms with Crippen molar-refractivity contribution in [2.75, 3.05) is 5.73 Å². The summed E-state index contributed by atoms with van der Waals surface area (Å²) in [5, 5.41) is 0. The lowest BCUT2D eigenvalue weighted by Gasteiger charge is -2.11. The van der Waals surface area contributed by atoms with E-state index in [1.807, 2.05) is 6.92 Å². The fourth-order valence-corrected chi connectivity index (χ4v) is 1.45.